The zero-order valence-electron chi connectivity index (χ0n) is 17.5. The molecule has 1 heterocycles. The molecule has 0 spiro atoms. The Morgan fingerprint density at radius 2 is 1.96 bits per heavy atom. The summed E-state index contributed by atoms with van der Waals surface area (Å²) in [4.78, 5) is 16.1. The van der Waals surface area contributed by atoms with Crippen LogP contribution in [-0.4, -0.2) is 16.0 Å². The monoisotopic (exact) mass is 397 g/mol. The largest absolute Gasteiger partial charge is 0.388 e. The number of hydrogen-bond acceptors (Lipinski definition) is 5. The van der Waals surface area contributed by atoms with Gasteiger partial charge in [-0.25, -0.2) is 4.98 Å². The van der Waals surface area contributed by atoms with E-state index in [1.54, 1.807) is 12.1 Å². The molecule has 0 bridgehead atoms. The minimum absolute atomic E-state index is 0.0196. The Bertz CT molecular complexity index is 976. The molecule has 3 rings (SSSR count). The van der Waals surface area contributed by atoms with E-state index in [4.69, 9.17) is 8.48 Å². The number of nitrogens with zero attached hydrogens (tertiary/aromatic N) is 1. The summed E-state index contributed by atoms with van der Waals surface area (Å²) in [6.45, 7) is 0. The number of aromatic nitrogens is 1. The predicted octanol–water partition coefficient (Wildman–Crippen LogP) is 4.35. The number of benzene rings is 2. The number of unbranched alkanes of at least 4 members (excludes halogenated alkanes) is 1. The number of aryl methyl sites for hydroxylation is 1. The van der Waals surface area contributed by atoms with Gasteiger partial charge in [-0.1, -0.05) is 48.9 Å². The maximum atomic E-state index is 12.1. The first-order chi connectivity index (χ1) is 14.3. The van der Waals surface area contributed by atoms with Crippen molar-refractivity contribution < 1.29 is 12.6 Å². The van der Waals surface area contributed by atoms with Gasteiger partial charge in [0.25, 0.3) is 0 Å². The van der Waals surface area contributed by atoms with Gasteiger partial charge in [0.05, 0.1) is 20.9 Å². The molecule has 0 aliphatic rings. The highest BCUT2D eigenvalue weighted by molar-refractivity contribution is 7.13. The number of nitrogen functional groups attached to an aromatic ring is 1. The van der Waals surface area contributed by atoms with Gasteiger partial charge in [-0.05, 0) is 42.5 Å². The van der Waals surface area contributed by atoms with Gasteiger partial charge >= 0.3 is 0 Å². The van der Waals surface area contributed by atoms with Crippen molar-refractivity contribution in [2.45, 2.75) is 38.2 Å². The maximum Gasteiger partial charge on any atom is 0.230 e. The van der Waals surface area contributed by atoms with Crippen LogP contribution in [0.2, 0.25) is 0 Å². The summed E-state index contributed by atoms with van der Waals surface area (Å²) in [5.74, 6) is -0.239. The average Bonchev–Trinajstić information content (AvgIpc) is 3.03. The molecule has 5 nitrogen and oxygen atoms in total. The molecule has 6 heteroatoms. The number of carbonyl (C=O) groups excluding carboxylic acids is 1. The Labute approximate surface area is 172 Å². The van der Waals surface area contributed by atoms with E-state index in [9.17, 15) is 9.90 Å². The van der Waals surface area contributed by atoms with Crippen molar-refractivity contribution in [3.05, 3.63) is 76.8 Å². The molecular weight excluding hydrogens is 370 g/mol. The van der Waals surface area contributed by atoms with Gasteiger partial charge in [0.2, 0.25) is 5.91 Å². The van der Waals surface area contributed by atoms with Crippen molar-refractivity contribution in [3.63, 3.8) is 0 Å². The highest BCUT2D eigenvalue weighted by Crippen LogP contribution is 2.20. The molecule has 0 aliphatic carbocycles. The Balaban J connectivity index is 1.43. The fourth-order valence-electron chi connectivity index (χ4n) is 2.87. The van der Waals surface area contributed by atoms with E-state index in [0.717, 1.165) is 36.2 Å². The Morgan fingerprint density at radius 1 is 1.21 bits per heavy atom. The molecule has 28 heavy (non-hydrogen) atoms. The molecule has 1 atom stereocenters. The van der Waals surface area contributed by atoms with Crippen molar-refractivity contribution in [2.24, 2.45) is 0 Å². The van der Waals surface area contributed by atoms with Crippen molar-refractivity contribution in [1.82, 2.24) is 4.98 Å². The number of carbonyl (C=O) groups is 1. The highest BCUT2D eigenvalue weighted by Gasteiger charge is 2.08. The van der Waals surface area contributed by atoms with Gasteiger partial charge in [0, 0.05) is 11.0 Å². The Hall–Kier alpha value is -2.70. The van der Waals surface area contributed by atoms with Crippen molar-refractivity contribution in [1.29, 1.82) is 0 Å². The molecule has 0 fully saturated rings. The molecule has 1 aromatic heterocycles. The highest BCUT2D eigenvalue weighted by atomic mass is 32.1. The first-order valence-electron chi connectivity index (χ1n) is 10.2. The summed E-state index contributed by atoms with van der Waals surface area (Å²) in [5.41, 5.74) is 8.37. The molecule has 0 aliphatic heterocycles. The van der Waals surface area contributed by atoms with Crippen LogP contribution >= 0.6 is 11.3 Å². The van der Waals surface area contributed by atoms with E-state index in [1.807, 2.05) is 42.5 Å². The first-order valence-corrected chi connectivity index (χ1v) is 10.0. The van der Waals surface area contributed by atoms with Crippen LogP contribution in [0.15, 0.2) is 60.0 Å². The molecule has 0 saturated carbocycles. The molecule has 2 aromatic carbocycles. The van der Waals surface area contributed by atoms with Crippen LogP contribution in [0.3, 0.4) is 0 Å². The van der Waals surface area contributed by atoms with E-state index in [2.05, 4.69) is 10.3 Å². The molecular formula is C22H25N3O2S. The number of nitrogens with one attached hydrogen (secondary N) is 1. The number of thiazole rings is 1. The SMILES string of the molecule is [2H]c1sc(N)nc1CC(=O)Nc1ccc(CCCC[C@]([2H])(O)c2ccccc2)cc1. The lowest BCUT2D eigenvalue weighted by molar-refractivity contribution is -0.115. The van der Waals surface area contributed by atoms with Crippen LogP contribution < -0.4 is 11.1 Å². The third-order valence-corrected chi connectivity index (χ3v) is 4.96. The van der Waals surface area contributed by atoms with E-state index in [1.165, 1.54) is 0 Å². The van der Waals surface area contributed by atoms with Gasteiger partial charge in [-0.2, -0.15) is 0 Å². The van der Waals surface area contributed by atoms with E-state index in [-0.39, 0.29) is 17.7 Å². The lowest BCUT2D eigenvalue weighted by Gasteiger charge is -2.10. The zero-order valence-corrected chi connectivity index (χ0v) is 16.3. The number of anilines is 2. The summed E-state index contributed by atoms with van der Waals surface area (Å²) < 4.78 is 15.9. The van der Waals surface area contributed by atoms with Crippen LogP contribution in [0.5, 0.6) is 0 Å². The fourth-order valence-corrected chi connectivity index (χ4v) is 3.37. The van der Waals surface area contributed by atoms with Crippen molar-refractivity contribution in [2.75, 3.05) is 11.1 Å². The van der Waals surface area contributed by atoms with Crippen LogP contribution in [0.4, 0.5) is 10.8 Å². The minimum Gasteiger partial charge on any atom is -0.388 e. The second-order valence-corrected chi connectivity index (χ2v) is 7.37. The predicted molar refractivity (Wildman–Crippen MR) is 114 cm³/mol. The normalized spacial score (nSPS) is 14.0. The maximum absolute atomic E-state index is 12.1. The van der Waals surface area contributed by atoms with Crippen LogP contribution in [0.1, 0.15) is 44.9 Å². The van der Waals surface area contributed by atoms with Crippen LogP contribution in [0.25, 0.3) is 0 Å². The summed E-state index contributed by atoms with van der Waals surface area (Å²) in [7, 11) is 0. The van der Waals surface area contributed by atoms with Crippen LogP contribution in [0, 0.1) is 0 Å². The first kappa shape index (κ1) is 17.4. The van der Waals surface area contributed by atoms with E-state index in [0.29, 0.717) is 28.5 Å². The average molecular weight is 398 g/mol. The van der Waals surface area contributed by atoms with Crippen molar-refractivity contribution >= 4 is 28.1 Å². The van der Waals surface area contributed by atoms with Crippen LogP contribution in [-0.2, 0) is 17.6 Å². The third-order valence-electron chi connectivity index (χ3n) is 4.32. The Morgan fingerprint density at radius 3 is 2.64 bits per heavy atom. The molecule has 1 amide bonds. The fraction of sp³-hybridized carbons (Fsp3) is 0.273. The molecule has 146 valence electrons. The molecule has 0 radical (unpaired) electrons. The Kier molecular flexibility index (Phi) is 6.22. The van der Waals surface area contributed by atoms with Gasteiger partial charge in [0.1, 0.15) is 0 Å². The lowest BCUT2D eigenvalue weighted by atomic mass is 10.0. The van der Waals surface area contributed by atoms with E-state index < -0.39 is 6.08 Å². The molecule has 3 aromatic rings. The summed E-state index contributed by atoms with van der Waals surface area (Å²) in [6, 6.07) is 16.7. The topological polar surface area (TPSA) is 88.2 Å². The third kappa shape index (κ3) is 6.18. The van der Waals surface area contributed by atoms with Gasteiger partial charge in [0.15, 0.2) is 5.13 Å². The van der Waals surface area contributed by atoms with E-state index >= 15 is 0 Å². The quantitative estimate of drug-likeness (QED) is 0.468. The molecule has 0 saturated heterocycles. The smallest absolute Gasteiger partial charge is 0.230 e. The van der Waals surface area contributed by atoms with Crippen molar-refractivity contribution in [3.8, 4) is 0 Å². The summed E-state index contributed by atoms with van der Waals surface area (Å²) >= 11 is 1.05. The second kappa shape index (κ2) is 10.0. The van der Waals surface area contributed by atoms with Gasteiger partial charge in [-0.15, -0.1) is 11.3 Å². The van der Waals surface area contributed by atoms with Gasteiger partial charge in [-0.3, -0.25) is 4.79 Å². The standard InChI is InChI=1S/C22H25N3O2S/c23-22-25-19(15-28-22)14-21(27)24-18-12-10-16(11-13-18)6-4-5-9-20(26)17-7-2-1-3-8-17/h1-3,7-8,10-13,15,20,26H,4-6,9,14H2,(H2,23,25)(H,24,27)/t20-/m0/s1/i15D,20D. The summed E-state index contributed by atoms with van der Waals surface area (Å²) in [6.07, 6.45) is 1.27. The molecule has 0 unspecified atom stereocenters. The number of amides is 1. The zero-order chi connectivity index (χ0) is 21.6. The molecule has 4 N–H and O–H groups in total. The number of hydrogen-bond donors (Lipinski definition) is 3. The minimum atomic E-state index is -1.56. The number of rotatable bonds is 9. The lowest BCUT2D eigenvalue weighted by Crippen LogP contribution is -2.14. The summed E-state index contributed by atoms with van der Waals surface area (Å²) in [5, 5.41) is 13.6. The number of nitrogens with two attached hydrogens (primary N) is 1. The number of aliphatic hydroxyl groups is 1. The second-order valence-electron chi connectivity index (χ2n) is 6.54. The van der Waals surface area contributed by atoms with Gasteiger partial charge < -0.3 is 16.2 Å².